The van der Waals surface area contributed by atoms with Gasteiger partial charge in [-0.15, -0.1) is 34.2 Å². The molecule has 0 fully saturated rings. The lowest BCUT2D eigenvalue weighted by atomic mass is 10.2. The Morgan fingerprint density at radius 2 is 1.97 bits per heavy atom. The van der Waals surface area contributed by atoms with Crippen molar-refractivity contribution in [2.24, 2.45) is 4.99 Å². The number of nitrogens with zero attached hydrogens (tertiary/aromatic N) is 4. The van der Waals surface area contributed by atoms with E-state index < -0.39 is 6.61 Å². The van der Waals surface area contributed by atoms with Gasteiger partial charge in [0.15, 0.2) is 28.9 Å². The van der Waals surface area contributed by atoms with Crippen LogP contribution in [0.1, 0.15) is 25.2 Å². The third kappa shape index (κ3) is 6.64. The predicted octanol–water partition coefficient (Wildman–Crippen LogP) is 3.60. The number of hydrogen-bond acceptors (Lipinski definition) is 5. The maximum atomic E-state index is 12.9. The van der Waals surface area contributed by atoms with Crippen molar-refractivity contribution in [3.05, 3.63) is 54.0 Å². The van der Waals surface area contributed by atoms with Crippen LogP contribution in [0.25, 0.3) is 5.65 Å². The van der Waals surface area contributed by atoms with Gasteiger partial charge in [-0.1, -0.05) is 18.2 Å². The summed E-state index contributed by atoms with van der Waals surface area (Å²) in [4.78, 5) is 4.49. The molecule has 0 spiro atoms. The molecule has 0 saturated carbocycles. The van der Waals surface area contributed by atoms with Gasteiger partial charge in [-0.25, -0.2) is 4.99 Å². The average molecular weight is 546 g/mol. The van der Waals surface area contributed by atoms with Crippen LogP contribution in [0, 0.1) is 0 Å². The molecular formula is C20H25F2IN6O2. The first-order chi connectivity index (χ1) is 14.6. The second-order valence-electron chi connectivity index (χ2n) is 6.15. The second kappa shape index (κ2) is 12.2. The summed E-state index contributed by atoms with van der Waals surface area (Å²) in [6, 6.07) is 10.6. The lowest BCUT2D eigenvalue weighted by Gasteiger charge is -2.15. The molecule has 11 heteroatoms. The van der Waals surface area contributed by atoms with Crippen molar-refractivity contribution in [2.75, 3.05) is 13.2 Å². The van der Waals surface area contributed by atoms with Crippen LogP contribution < -0.4 is 20.1 Å². The molecular weight excluding hydrogens is 521 g/mol. The molecule has 0 radical (unpaired) electrons. The van der Waals surface area contributed by atoms with E-state index in [0.29, 0.717) is 31.2 Å². The van der Waals surface area contributed by atoms with E-state index in [-0.39, 0.29) is 42.0 Å². The Labute approximate surface area is 196 Å². The number of para-hydroxylation sites is 1. The highest BCUT2D eigenvalue weighted by atomic mass is 127. The molecule has 0 aliphatic carbocycles. The zero-order valence-electron chi connectivity index (χ0n) is 17.2. The van der Waals surface area contributed by atoms with E-state index in [4.69, 9.17) is 9.47 Å². The third-order valence-electron chi connectivity index (χ3n) is 4.12. The molecule has 168 valence electrons. The molecule has 0 bridgehead atoms. The summed E-state index contributed by atoms with van der Waals surface area (Å²) in [5, 5.41) is 14.6. The number of nitrogens with one attached hydrogen (secondary N) is 2. The minimum Gasteiger partial charge on any atom is -0.490 e. The molecule has 0 unspecified atom stereocenters. The first-order valence-electron chi connectivity index (χ1n) is 9.62. The summed E-state index contributed by atoms with van der Waals surface area (Å²) in [7, 11) is 0. The summed E-state index contributed by atoms with van der Waals surface area (Å²) in [6.07, 6.45) is 1.88. The number of rotatable bonds is 9. The maximum absolute atomic E-state index is 12.9. The highest BCUT2D eigenvalue weighted by Crippen LogP contribution is 2.33. The monoisotopic (exact) mass is 546 g/mol. The molecule has 0 atom stereocenters. The zero-order valence-corrected chi connectivity index (χ0v) is 19.5. The Morgan fingerprint density at radius 1 is 1.13 bits per heavy atom. The standard InChI is InChI=1S/C20H24F2N6O2.HI/c1-3-23-20(25-13-17-27-26-16-10-5-6-11-28(16)17)24-12-14-8-7-9-15(29-4-2)18(14)30-19(21)22;/h5-11,19H,3-4,12-13H2,1-2H3,(H2,23,24,25);1H. The van der Waals surface area contributed by atoms with E-state index in [2.05, 4.69) is 25.8 Å². The maximum Gasteiger partial charge on any atom is 0.387 e. The summed E-state index contributed by atoms with van der Waals surface area (Å²) in [5.41, 5.74) is 1.24. The zero-order chi connectivity index (χ0) is 21.3. The van der Waals surface area contributed by atoms with Crippen molar-refractivity contribution in [1.29, 1.82) is 0 Å². The Kier molecular flexibility index (Phi) is 9.69. The summed E-state index contributed by atoms with van der Waals surface area (Å²) < 4.78 is 37.8. The van der Waals surface area contributed by atoms with E-state index >= 15 is 0 Å². The summed E-state index contributed by atoms with van der Waals surface area (Å²) in [5.74, 6) is 1.49. The first-order valence-corrected chi connectivity index (χ1v) is 9.62. The van der Waals surface area contributed by atoms with Gasteiger partial charge in [0.05, 0.1) is 19.7 Å². The van der Waals surface area contributed by atoms with Crippen LogP contribution >= 0.6 is 24.0 Å². The van der Waals surface area contributed by atoms with E-state index in [1.807, 2.05) is 35.7 Å². The second-order valence-corrected chi connectivity index (χ2v) is 6.15. The van der Waals surface area contributed by atoms with E-state index in [0.717, 1.165) is 11.5 Å². The average Bonchev–Trinajstić information content (AvgIpc) is 3.15. The number of benzene rings is 1. The summed E-state index contributed by atoms with van der Waals surface area (Å²) in [6.45, 7) is 2.23. The fourth-order valence-electron chi connectivity index (χ4n) is 2.86. The van der Waals surface area contributed by atoms with Gasteiger partial charge in [0.1, 0.15) is 0 Å². The molecule has 0 saturated heterocycles. The largest absolute Gasteiger partial charge is 0.490 e. The SMILES string of the molecule is CCNC(=NCc1cccc(OCC)c1OC(F)F)NCc1nnc2ccccn12.I. The molecule has 31 heavy (non-hydrogen) atoms. The lowest BCUT2D eigenvalue weighted by Crippen LogP contribution is -2.37. The van der Waals surface area contributed by atoms with E-state index in [1.54, 1.807) is 25.1 Å². The number of halogens is 3. The van der Waals surface area contributed by atoms with Gasteiger partial charge in [-0.3, -0.25) is 4.40 Å². The van der Waals surface area contributed by atoms with Crippen molar-refractivity contribution in [3.63, 3.8) is 0 Å². The van der Waals surface area contributed by atoms with Crippen LogP contribution in [-0.2, 0) is 13.1 Å². The van der Waals surface area contributed by atoms with Gasteiger partial charge in [-0.05, 0) is 32.0 Å². The van der Waals surface area contributed by atoms with Gasteiger partial charge in [0.2, 0.25) is 0 Å². The molecule has 0 amide bonds. The van der Waals surface area contributed by atoms with Gasteiger partial charge in [-0.2, -0.15) is 8.78 Å². The normalized spacial score (nSPS) is 11.3. The Morgan fingerprint density at radius 3 is 2.71 bits per heavy atom. The van der Waals surface area contributed by atoms with Gasteiger partial charge in [0.25, 0.3) is 0 Å². The number of alkyl halides is 2. The van der Waals surface area contributed by atoms with Crippen LogP contribution in [-0.4, -0.2) is 40.3 Å². The fraction of sp³-hybridized carbons (Fsp3) is 0.350. The van der Waals surface area contributed by atoms with Crippen LogP contribution in [0.15, 0.2) is 47.6 Å². The number of aliphatic imine (C=N–C) groups is 1. The van der Waals surface area contributed by atoms with E-state index in [9.17, 15) is 8.78 Å². The van der Waals surface area contributed by atoms with Gasteiger partial charge >= 0.3 is 6.61 Å². The number of fused-ring (bicyclic) bond motifs is 1. The van der Waals surface area contributed by atoms with Gasteiger partial charge < -0.3 is 20.1 Å². The minimum absolute atomic E-state index is 0. The number of pyridine rings is 1. The predicted molar refractivity (Wildman–Crippen MR) is 124 cm³/mol. The smallest absolute Gasteiger partial charge is 0.387 e. The highest BCUT2D eigenvalue weighted by molar-refractivity contribution is 14.0. The fourth-order valence-corrected chi connectivity index (χ4v) is 2.86. The van der Waals surface area contributed by atoms with Crippen LogP contribution in [0.2, 0.25) is 0 Å². The number of ether oxygens (including phenoxy) is 2. The van der Waals surface area contributed by atoms with Crippen LogP contribution in [0.5, 0.6) is 11.5 Å². The molecule has 3 aromatic rings. The van der Waals surface area contributed by atoms with Gasteiger partial charge in [0, 0.05) is 18.3 Å². The minimum atomic E-state index is -2.96. The topological polar surface area (TPSA) is 85.1 Å². The van der Waals surface area contributed by atoms with Crippen molar-refractivity contribution in [1.82, 2.24) is 25.2 Å². The summed E-state index contributed by atoms with van der Waals surface area (Å²) >= 11 is 0. The lowest BCUT2D eigenvalue weighted by molar-refractivity contribution is -0.0520. The molecule has 1 aromatic carbocycles. The molecule has 0 aliphatic heterocycles. The van der Waals surface area contributed by atoms with Crippen molar-refractivity contribution >= 4 is 35.6 Å². The molecule has 2 aromatic heterocycles. The van der Waals surface area contributed by atoms with Crippen molar-refractivity contribution < 1.29 is 18.3 Å². The Bertz CT molecular complexity index is 999. The quantitative estimate of drug-likeness (QED) is 0.243. The number of hydrogen-bond donors (Lipinski definition) is 2. The molecule has 0 aliphatic rings. The van der Waals surface area contributed by atoms with Crippen LogP contribution in [0.4, 0.5) is 8.78 Å². The molecule has 3 rings (SSSR count). The Balaban J connectivity index is 0.00000341. The number of guanidine groups is 1. The van der Waals surface area contributed by atoms with Crippen molar-refractivity contribution in [3.8, 4) is 11.5 Å². The van der Waals surface area contributed by atoms with E-state index in [1.165, 1.54) is 0 Å². The molecule has 8 nitrogen and oxygen atoms in total. The third-order valence-corrected chi connectivity index (χ3v) is 4.12. The molecule has 2 N–H and O–H groups in total. The Hall–Kier alpha value is -2.70. The van der Waals surface area contributed by atoms with Crippen LogP contribution in [0.3, 0.4) is 0 Å². The van der Waals surface area contributed by atoms with Crippen molar-refractivity contribution in [2.45, 2.75) is 33.5 Å². The number of aromatic nitrogens is 3. The highest BCUT2D eigenvalue weighted by Gasteiger charge is 2.16. The molecule has 2 heterocycles. The first kappa shape index (κ1) is 24.6.